The molecule has 0 atom stereocenters. The molecule has 0 saturated heterocycles. The van der Waals surface area contributed by atoms with Crippen molar-refractivity contribution in [3.05, 3.63) is 34.3 Å². The van der Waals surface area contributed by atoms with Crippen molar-refractivity contribution >= 4 is 33.3 Å². The molecule has 0 unspecified atom stereocenters. The van der Waals surface area contributed by atoms with Crippen LogP contribution in [-0.4, -0.2) is 11.1 Å². The second-order valence-electron chi connectivity index (χ2n) is 3.91. The van der Waals surface area contributed by atoms with E-state index in [0.717, 1.165) is 30.2 Å². The second-order valence-corrected chi connectivity index (χ2v) is 5.11. The third-order valence-corrected chi connectivity index (χ3v) is 3.34. The number of hydrogen-bond donors (Lipinski definition) is 0. The third kappa shape index (κ3) is 4.26. The number of aryl methyl sites for hydroxylation is 1. The summed E-state index contributed by atoms with van der Waals surface area (Å²) in [5, 5.41) is 1.58. The van der Waals surface area contributed by atoms with Gasteiger partial charge in [-0.25, -0.2) is 0 Å². The van der Waals surface area contributed by atoms with E-state index in [4.69, 9.17) is 11.6 Å². The Morgan fingerprint density at radius 2 is 2.06 bits per heavy atom. The lowest BCUT2D eigenvalue weighted by molar-refractivity contribution is 0.0979. The minimum absolute atomic E-state index is 0.152. The van der Waals surface area contributed by atoms with E-state index >= 15 is 0 Å². The van der Waals surface area contributed by atoms with Gasteiger partial charge < -0.3 is 0 Å². The molecule has 0 fully saturated rings. The van der Waals surface area contributed by atoms with Gasteiger partial charge in [0.2, 0.25) is 0 Å². The van der Waals surface area contributed by atoms with Crippen LogP contribution in [0.25, 0.3) is 0 Å². The van der Waals surface area contributed by atoms with E-state index in [0.29, 0.717) is 17.0 Å². The highest BCUT2D eigenvalue weighted by molar-refractivity contribution is 9.09. The molecule has 0 spiro atoms. The van der Waals surface area contributed by atoms with Gasteiger partial charge in [0.25, 0.3) is 0 Å². The van der Waals surface area contributed by atoms with Gasteiger partial charge in [-0.05, 0) is 37.5 Å². The molecule has 1 aromatic rings. The van der Waals surface area contributed by atoms with Crippen LogP contribution < -0.4 is 0 Å². The first-order valence-corrected chi connectivity index (χ1v) is 7.00. The van der Waals surface area contributed by atoms with Crippen LogP contribution in [0.1, 0.15) is 41.6 Å². The number of Topliss-reactive ketones (excluding diaryl/α,β-unsaturated/α-hetero) is 1. The topological polar surface area (TPSA) is 17.1 Å². The maximum Gasteiger partial charge on any atom is 0.164 e. The quantitative estimate of drug-likeness (QED) is 0.420. The van der Waals surface area contributed by atoms with Gasteiger partial charge in [-0.3, -0.25) is 4.79 Å². The fraction of sp³-hybridized carbons (Fsp3) is 0.462. The Hall–Kier alpha value is -0.340. The summed E-state index contributed by atoms with van der Waals surface area (Å²) in [6, 6.07) is 5.59. The maximum atomic E-state index is 11.8. The van der Waals surface area contributed by atoms with Crippen LogP contribution >= 0.6 is 27.5 Å². The summed E-state index contributed by atoms with van der Waals surface area (Å²) < 4.78 is 0. The van der Waals surface area contributed by atoms with Crippen molar-refractivity contribution in [2.24, 2.45) is 0 Å². The molecule has 16 heavy (non-hydrogen) atoms. The number of unbranched alkanes of at least 4 members (excludes halogenated alkanes) is 2. The van der Waals surface area contributed by atoms with Crippen molar-refractivity contribution in [3.8, 4) is 0 Å². The lowest BCUT2D eigenvalue weighted by atomic mass is 10.0. The van der Waals surface area contributed by atoms with Crippen LogP contribution in [0.5, 0.6) is 0 Å². The lowest BCUT2D eigenvalue weighted by Gasteiger charge is -2.04. The average Bonchev–Trinajstić information content (AvgIpc) is 2.24. The molecule has 1 aromatic carbocycles. The van der Waals surface area contributed by atoms with Crippen LogP contribution in [0, 0.1) is 6.92 Å². The van der Waals surface area contributed by atoms with E-state index in [9.17, 15) is 4.79 Å². The van der Waals surface area contributed by atoms with Crippen molar-refractivity contribution in [1.29, 1.82) is 0 Å². The predicted molar refractivity (Wildman–Crippen MR) is 72.8 cm³/mol. The molecule has 0 radical (unpaired) electrons. The summed E-state index contributed by atoms with van der Waals surface area (Å²) >= 11 is 9.41. The fourth-order valence-corrected chi connectivity index (χ4v) is 2.27. The zero-order valence-corrected chi connectivity index (χ0v) is 11.8. The smallest absolute Gasteiger partial charge is 0.164 e. The van der Waals surface area contributed by atoms with Gasteiger partial charge in [0.15, 0.2) is 5.78 Å². The SMILES string of the molecule is Cc1ccc(C(=O)CCCCCBr)c(Cl)c1. The Balaban J connectivity index is 2.53. The Bertz CT molecular complexity index is 363. The number of rotatable bonds is 6. The zero-order chi connectivity index (χ0) is 12.0. The van der Waals surface area contributed by atoms with Crippen molar-refractivity contribution in [2.45, 2.75) is 32.6 Å². The highest BCUT2D eigenvalue weighted by Gasteiger charge is 2.09. The molecule has 1 nitrogen and oxygen atoms in total. The van der Waals surface area contributed by atoms with E-state index < -0.39 is 0 Å². The summed E-state index contributed by atoms with van der Waals surface area (Å²) in [6.45, 7) is 1.97. The molecular weight excluding hydrogens is 287 g/mol. The zero-order valence-electron chi connectivity index (χ0n) is 9.43. The number of carbonyl (C=O) groups excluding carboxylic acids is 1. The fourth-order valence-electron chi connectivity index (χ4n) is 1.54. The van der Waals surface area contributed by atoms with Gasteiger partial charge >= 0.3 is 0 Å². The minimum Gasteiger partial charge on any atom is -0.294 e. The molecule has 0 aromatic heterocycles. The van der Waals surface area contributed by atoms with Gasteiger partial charge in [-0.15, -0.1) is 0 Å². The molecule has 0 bridgehead atoms. The van der Waals surface area contributed by atoms with Gasteiger partial charge in [0.1, 0.15) is 0 Å². The summed E-state index contributed by atoms with van der Waals surface area (Å²) in [7, 11) is 0. The van der Waals surface area contributed by atoms with Gasteiger partial charge in [0, 0.05) is 17.3 Å². The van der Waals surface area contributed by atoms with E-state index in [1.807, 2.05) is 25.1 Å². The molecule has 0 aliphatic rings. The second kappa shape index (κ2) is 7.08. The van der Waals surface area contributed by atoms with E-state index in [2.05, 4.69) is 15.9 Å². The summed E-state index contributed by atoms with van der Waals surface area (Å²) in [4.78, 5) is 11.8. The largest absolute Gasteiger partial charge is 0.294 e. The van der Waals surface area contributed by atoms with Crippen LogP contribution in [0.3, 0.4) is 0 Å². The normalized spacial score (nSPS) is 10.4. The first kappa shape index (κ1) is 13.7. The minimum atomic E-state index is 0.152. The van der Waals surface area contributed by atoms with Crippen LogP contribution in [0.4, 0.5) is 0 Å². The Labute approximate surface area is 110 Å². The van der Waals surface area contributed by atoms with Gasteiger partial charge in [-0.1, -0.05) is 40.0 Å². The Kier molecular flexibility index (Phi) is 6.07. The first-order chi connectivity index (χ1) is 7.65. The van der Waals surface area contributed by atoms with Crippen molar-refractivity contribution in [3.63, 3.8) is 0 Å². The highest BCUT2D eigenvalue weighted by Crippen LogP contribution is 2.20. The van der Waals surface area contributed by atoms with Crippen molar-refractivity contribution in [1.82, 2.24) is 0 Å². The molecule has 0 N–H and O–H groups in total. The van der Waals surface area contributed by atoms with Crippen molar-refractivity contribution in [2.75, 3.05) is 5.33 Å². The molecule has 0 saturated carbocycles. The Morgan fingerprint density at radius 3 is 2.69 bits per heavy atom. The van der Waals surface area contributed by atoms with Gasteiger partial charge in [-0.2, -0.15) is 0 Å². The highest BCUT2D eigenvalue weighted by atomic mass is 79.9. The maximum absolute atomic E-state index is 11.8. The number of carbonyl (C=O) groups is 1. The summed E-state index contributed by atoms with van der Waals surface area (Å²) in [5.41, 5.74) is 1.74. The molecule has 0 aliphatic heterocycles. The average molecular weight is 304 g/mol. The Morgan fingerprint density at radius 1 is 1.31 bits per heavy atom. The van der Waals surface area contributed by atoms with Crippen LogP contribution in [0.15, 0.2) is 18.2 Å². The molecule has 0 aliphatic carbocycles. The molecule has 0 heterocycles. The monoisotopic (exact) mass is 302 g/mol. The standard InChI is InChI=1S/C13H16BrClO/c1-10-6-7-11(12(15)9-10)13(16)5-3-2-4-8-14/h6-7,9H,2-5,8H2,1H3. The number of benzene rings is 1. The van der Waals surface area contributed by atoms with Crippen LogP contribution in [-0.2, 0) is 0 Å². The molecular formula is C13H16BrClO. The third-order valence-electron chi connectivity index (χ3n) is 2.46. The molecule has 88 valence electrons. The van der Waals surface area contributed by atoms with Gasteiger partial charge in [0.05, 0.1) is 5.02 Å². The number of hydrogen-bond acceptors (Lipinski definition) is 1. The summed E-state index contributed by atoms with van der Waals surface area (Å²) in [5.74, 6) is 0.152. The molecule has 3 heteroatoms. The van der Waals surface area contributed by atoms with E-state index in [-0.39, 0.29) is 5.78 Å². The number of halogens is 2. The summed E-state index contributed by atoms with van der Waals surface area (Å²) in [6.07, 6.45) is 3.74. The predicted octanol–water partition coefficient (Wildman–Crippen LogP) is 4.79. The van der Waals surface area contributed by atoms with E-state index in [1.165, 1.54) is 0 Å². The van der Waals surface area contributed by atoms with Crippen LogP contribution in [0.2, 0.25) is 5.02 Å². The lowest BCUT2D eigenvalue weighted by Crippen LogP contribution is -2.00. The van der Waals surface area contributed by atoms with Crippen molar-refractivity contribution < 1.29 is 4.79 Å². The molecule has 0 amide bonds. The number of ketones is 1. The molecule has 1 rings (SSSR count). The first-order valence-electron chi connectivity index (χ1n) is 5.50. The number of alkyl halides is 1. The van der Waals surface area contributed by atoms with E-state index in [1.54, 1.807) is 0 Å².